The van der Waals surface area contributed by atoms with E-state index < -0.39 is 5.82 Å². The molecule has 96 valence electrons. The molecule has 0 spiro atoms. The topological polar surface area (TPSA) is 54.4 Å². The maximum Gasteiger partial charge on any atom is 0.272 e. The Bertz CT molecular complexity index is 608. The van der Waals surface area contributed by atoms with Crippen LogP contribution < -0.4 is 5.43 Å². The number of aromatic nitrogens is 1. The first-order valence-corrected chi connectivity index (χ1v) is 5.67. The van der Waals surface area contributed by atoms with E-state index >= 15 is 0 Å². The fourth-order valence-corrected chi connectivity index (χ4v) is 1.41. The second-order valence-corrected chi connectivity index (χ2v) is 3.91. The maximum absolute atomic E-state index is 13.3. The molecule has 2 aromatic rings. The van der Waals surface area contributed by atoms with Gasteiger partial charge in [-0.3, -0.25) is 9.78 Å². The Morgan fingerprint density at radius 3 is 2.79 bits per heavy atom. The molecule has 5 heteroatoms. The fraction of sp³-hybridized carbons (Fsp3) is 0.0714. The van der Waals surface area contributed by atoms with E-state index in [-0.39, 0.29) is 5.91 Å². The van der Waals surface area contributed by atoms with Crippen LogP contribution in [-0.4, -0.2) is 17.1 Å². The van der Waals surface area contributed by atoms with Crippen LogP contribution in [0.3, 0.4) is 0 Å². The smallest absolute Gasteiger partial charge is 0.267 e. The number of halogens is 1. The van der Waals surface area contributed by atoms with Gasteiger partial charge < -0.3 is 0 Å². The lowest BCUT2D eigenvalue weighted by Crippen LogP contribution is -2.17. The number of hydrazone groups is 1. The van der Waals surface area contributed by atoms with Crippen molar-refractivity contribution in [2.45, 2.75) is 6.92 Å². The summed E-state index contributed by atoms with van der Waals surface area (Å²) in [5.41, 5.74) is 3.85. The van der Waals surface area contributed by atoms with E-state index in [1.165, 1.54) is 18.5 Å². The highest BCUT2D eigenvalue weighted by molar-refractivity contribution is 5.94. The van der Waals surface area contributed by atoms with Gasteiger partial charge in [0.15, 0.2) is 0 Å². The van der Waals surface area contributed by atoms with Gasteiger partial charge in [-0.25, -0.2) is 9.82 Å². The number of nitrogens with one attached hydrogen (secondary N) is 1. The number of amides is 1. The summed E-state index contributed by atoms with van der Waals surface area (Å²) in [6, 6.07) is 9.55. The molecule has 0 radical (unpaired) electrons. The Kier molecular flexibility index (Phi) is 3.97. The van der Waals surface area contributed by atoms with E-state index in [4.69, 9.17) is 0 Å². The molecule has 1 aromatic carbocycles. The molecule has 0 fully saturated rings. The molecule has 0 saturated heterocycles. The number of pyridine rings is 1. The van der Waals surface area contributed by atoms with Gasteiger partial charge in [0, 0.05) is 17.5 Å². The van der Waals surface area contributed by atoms with Gasteiger partial charge in [0.1, 0.15) is 5.82 Å². The average molecular weight is 257 g/mol. The molecule has 19 heavy (non-hydrogen) atoms. The van der Waals surface area contributed by atoms with Crippen LogP contribution in [0.5, 0.6) is 0 Å². The standard InChI is InChI=1S/C14H12FN3O/c1-10-6-7-12(8-16-10)14(19)18-17-9-11-4-2-3-5-13(11)15/h2-9H,1H3,(H,18,19)/b17-9-. The molecule has 1 N–H and O–H groups in total. The summed E-state index contributed by atoms with van der Waals surface area (Å²) < 4.78 is 13.3. The normalized spacial score (nSPS) is 10.6. The van der Waals surface area contributed by atoms with Crippen molar-refractivity contribution in [3.8, 4) is 0 Å². The number of hydrogen-bond acceptors (Lipinski definition) is 3. The van der Waals surface area contributed by atoms with Gasteiger partial charge in [-0.05, 0) is 25.1 Å². The summed E-state index contributed by atoms with van der Waals surface area (Å²) >= 11 is 0. The molecule has 1 aromatic heterocycles. The second kappa shape index (κ2) is 5.86. The number of rotatable bonds is 3. The molecule has 0 aliphatic carbocycles. The summed E-state index contributed by atoms with van der Waals surface area (Å²) in [7, 11) is 0. The number of carbonyl (C=O) groups excluding carboxylic acids is 1. The summed E-state index contributed by atoms with van der Waals surface area (Å²) in [5.74, 6) is -0.780. The van der Waals surface area contributed by atoms with E-state index in [0.29, 0.717) is 11.1 Å². The first-order valence-electron chi connectivity index (χ1n) is 5.67. The summed E-state index contributed by atoms with van der Waals surface area (Å²) in [6.45, 7) is 1.83. The quantitative estimate of drug-likeness (QED) is 0.677. The largest absolute Gasteiger partial charge is 0.272 e. The summed E-state index contributed by atoms with van der Waals surface area (Å²) in [4.78, 5) is 15.7. The molecule has 0 bridgehead atoms. The molecule has 4 nitrogen and oxygen atoms in total. The van der Waals surface area contributed by atoms with Crippen molar-refractivity contribution in [3.63, 3.8) is 0 Å². The van der Waals surface area contributed by atoms with Gasteiger partial charge in [0.2, 0.25) is 0 Å². The molecular weight excluding hydrogens is 245 g/mol. The van der Waals surface area contributed by atoms with E-state index in [0.717, 1.165) is 5.69 Å². The first kappa shape index (κ1) is 12.9. The minimum absolute atomic E-state index is 0.310. The van der Waals surface area contributed by atoms with Gasteiger partial charge >= 0.3 is 0 Å². The molecule has 0 unspecified atom stereocenters. The predicted octanol–water partition coefficient (Wildman–Crippen LogP) is 2.29. The number of carbonyl (C=O) groups is 1. The predicted molar refractivity (Wildman–Crippen MR) is 70.4 cm³/mol. The van der Waals surface area contributed by atoms with Crippen molar-refractivity contribution in [2.75, 3.05) is 0 Å². The molecule has 1 heterocycles. The lowest BCUT2D eigenvalue weighted by Gasteiger charge is -2.00. The van der Waals surface area contributed by atoms with Gasteiger partial charge in [-0.1, -0.05) is 18.2 Å². The Labute approximate surface area is 110 Å². The number of nitrogens with zero attached hydrogens (tertiary/aromatic N) is 2. The van der Waals surface area contributed by atoms with Crippen molar-refractivity contribution in [1.82, 2.24) is 10.4 Å². The number of hydrogen-bond donors (Lipinski definition) is 1. The van der Waals surface area contributed by atoms with Crippen LogP contribution in [0.4, 0.5) is 4.39 Å². The van der Waals surface area contributed by atoms with E-state index in [1.54, 1.807) is 30.3 Å². The Morgan fingerprint density at radius 2 is 2.11 bits per heavy atom. The molecule has 2 rings (SSSR count). The van der Waals surface area contributed by atoms with Crippen molar-refractivity contribution in [3.05, 3.63) is 65.2 Å². The highest BCUT2D eigenvalue weighted by Gasteiger charge is 2.03. The lowest BCUT2D eigenvalue weighted by atomic mass is 10.2. The average Bonchev–Trinajstić information content (AvgIpc) is 2.41. The van der Waals surface area contributed by atoms with Crippen molar-refractivity contribution in [1.29, 1.82) is 0 Å². The molecule has 1 amide bonds. The van der Waals surface area contributed by atoms with Crippen LogP contribution in [0.15, 0.2) is 47.7 Å². The van der Waals surface area contributed by atoms with Crippen molar-refractivity contribution < 1.29 is 9.18 Å². The summed E-state index contributed by atoms with van der Waals surface area (Å²) in [6.07, 6.45) is 2.72. The zero-order valence-electron chi connectivity index (χ0n) is 10.3. The van der Waals surface area contributed by atoms with E-state index in [1.807, 2.05) is 6.92 Å². The monoisotopic (exact) mass is 257 g/mol. The van der Waals surface area contributed by atoms with Crippen LogP contribution in [0, 0.1) is 12.7 Å². The molecule has 0 saturated carbocycles. The third-order valence-corrected chi connectivity index (χ3v) is 2.45. The number of benzene rings is 1. The maximum atomic E-state index is 13.3. The van der Waals surface area contributed by atoms with Crippen molar-refractivity contribution >= 4 is 12.1 Å². The van der Waals surface area contributed by atoms with Gasteiger partial charge in [-0.15, -0.1) is 0 Å². The van der Waals surface area contributed by atoms with Gasteiger partial charge in [-0.2, -0.15) is 5.10 Å². The van der Waals surface area contributed by atoms with Gasteiger partial charge in [0.05, 0.1) is 11.8 Å². The lowest BCUT2D eigenvalue weighted by molar-refractivity contribution is 0.0954. The van der Waals surface area contributed by atoms with Crippen LogP contribution in [0.25, 0.3) is 0 Å². The zero-order chi connectivity index (χ0) is 13.7. The molecular formula is C14H12FN3O. The highest BCUT2D eigenvalue weighted by atomic mass is 19.1. The van der Waals surface area contributed by atoms with Crippen LogP contribution in [0.1, 0.15) is 21.6 Å². The Morgan fingerprint density at radius 1 is 1.32 bits per heavy atom. The third kappa shape index (κ3) is 3.45. The summed E-state index contributed by atoms with van der Waals surface area (Å²) in [5, 5.41) is 3.71. The van der Waals surface area contributed by atoms with Gasteiger partial charge in [0.25, 0.3) is 5.91 Å². The fourth-order valence-electron chi connectivity index (χ4n) is 1.41. The van der Waals surface area contributed by atoms with Crippen LogP contribution in [-0.2, 0) is 0 Å². The first-order chi connectivity index (χ1) is 9.16. The Hall–Kier alpha value is -2.56. The highest BCUT2D eigenvalue weighted by Crippen LogP contribution is 2.03. The second-order valence-electron chi connectivity index (χ2n) is 3.91. The minimum Gasteiger partial charge on any atom is -0.267 e. The Balaban J connectivity index is 2.01. The third-order valence-electron chi connectivity index (χ3n) is 2.45. The number of aryl methyl sites for hydroxylation is 1. The molecule has 0 atom stereocenters. The minimum atomic E-state index is -0.391. The molecule has 0 aliphatic heterocycles. The zero-order valence-corrected chi connectivity index (χ0v) is 10.3. The molecule has 0 aliphatic rings. The van der Waals surface area contributed by atoms with E-state index in [9.17, 15) is 9.18 Å². The van der Waals surface area contributed by atoms with Crippen LogP contribution >= 0.6 is 0 Å². The van der Waals surface area contributed by atoms with Crippen molar-refractivity contribution in [2.24, 2.45) is 5.10 Å². The SMILES string of the molecule is Cc1ccc(C(=O)N/N=C\c2ccccc2F)cn1. The van der Waals surface area contributed by atoms with E-state index in [2.05, 4.69) is 15.5 Å². The van der Waals surface area contributed by atoms with Crippen LogP contribution in [0.2, 0.25) is 0 Å².